The maximum absolute atomic E-state index is 9.77. The van der Waals surface area contributed by atoms with Crippen LogP contribution in [0.5, 0.6) is 5.75 Å². The molecule has 0 unspecified atom stereocenters. The minimum Gasteiger partial charge on any atom is -0.496 e. The highest BCUT2D eigenvalue weighted by Crippen LogP contribution is 2.31. The third kappa shape index (κ3) is 3.02. The molecule has 0 bridgehead atoms. The van der Waals surface area contributed by atoms with Gasteiger partial charge in [-0.15, -0.1) is 0 Å². The number of hydrogen-bond acceptors (Lipinski definition) is 5. The Bertz CT molecular complexity index is 929. The zero-order valence-electron chi connectivity index (χ0n) is 15.1. The van der Waals surface area contributed by atoms with Gasteiger partial charge in [0.15, 0.2) is 0 Å². The van der Waals surface area contributed by atoms with Crippen LogP contribution in [0.4, 0.5) is 5.69 Å². The van der Waals surface area contributed by atoms with Crippen LogP contribution in [-0.2, 0) is 11.3 Å². The molecule has 26 heavy (non-hydrogen) atoms. The molecule has 1 aliphatic heterocycles. The standard InChI is InChI=1S/C20H23N3O3/c1-14-9-17(15(13-24)10-19(14)25-2)18-12-23-4-3-16(11-20(23)21-18)22-5-7-26-8-6-22/h3-4,9-12,24H,5-8,13H2,1-2H3. The molecular formula is C20H23N3O3. The van der Waals surface area contributed by atoms with E-state index in [1.807, 2.05) is 35.9 Å². The van der Waals surface area contributed by atoms with Crippen molar-refractivity contribution in [3.8, 4) is 17.0 Å². The maximum Gasteiger partial charge on any atom is 0.139 e. The number of morpholine rings is 1. The zero-order chi connectivity index (χ0) is 18.1. The van der Waals surface area contributed by atoms with Gasteiger partial charge in [-0.3, -0.25) is 0 Å². The number of pyridine rings is 1. The molecule has 1 N–H and O–H groups in total. The van der Waals surface area contributed by atoms with Crippen molar-refractivity contribution in [3.63, 3.8) is 0 Å². The Morgan fingerprint density at radius 2 is 2.04 bits per heavy atom. The number of aliphatic hydroxyl groups excluding tert-OH is 1. The number of benzene rings is 1. The van der Waals surface area contributed by atoms with E-state index in [0.29, 0.717) is 0 Å². The molecule has 1 saturated heterocycles. The first kappa shape index (κ1) is 16.9. The van der Waals surface area contributed by atoms with Crippen LogP contribution in [0.1, 0.15) is 11.1 Å². The fourth-order valence-corrected chi connectivity index (χ4v) is 3.44. The maximum atomic E-state index is 9.77. The van der Waals surface area contributed by atoms with Crippen LogP contribution in [0.25, 0.3) is 16.9 Å². The number of fused-ring (bicyclic) bond motifs is 1. The lowest BCUT2D eigenvalue weighted by atomic mass is 10.0. The van der Waals surface area contributed by atoms with Gasteiger partial charge in [-0.25, -0.2) is 4.98 Å². The van der Waals surface area contributed by atoms with Crippen molar-refractivity contribution >= 4 is 11.3 Å². The minimum absolute atomic E-state index is 0.0567. The lowest BCUT2D eigenvalue weighted by Gasteiger charge is -2.28. The highest BCUT2D eigenvalue weighted by molar-refractivity contribution is 5.70. The molecule has 0 saturated carbocycles. The van der Waals surface area contributed by atoms with E-state index < -0.39 is 0 Å². The van der Waals surface area contributed by atoms with Gasteiger partial charge in [0.25, 0.3) is 0 Å². The van der Waals surface area contributed by atoms with Crippen molar-refractivity contribution < 1.29 is 14.6 Å². The molecule has 4 rings (SSSR count). The van der Waals surface area contributed by atoms with Crippen LogP contribution in [0.15, 0.2) is 36.7 Å². The summed E-state index contributed by atoms with van der Waals surface area (Å²) in [4.78, 5) is 7.11. The fourth-order valence-electron chi connectivity index (χ4n) is 3.44. The van der Waals surface area contributed by atoms with Gasteiger partial charge in [0, 0.05) is 42.8 Å². The quantitative estimate of drug-likeness (QED) is 0.781. The molecule has 0 spiro atoms. The van der Waals surface area contributed by atoms with Gasteiger partial charge < -0.3 is 23.9 Å². The minimum atomic E-state index is -0.0567. The third-order valence-electron chi connectivity index (χ3n) is 4.89. The predicted octanol–water partition coefficient (Wildman–Crippen LogP) is 2.65. The summed E-state index contributed by atoms with van der Waals surface area (Å²) < 4.78 is 12.8. The van der Waals surface area contributed by atoms with Gasteiger partial charge >= 0.3 is 0 Å². The zero-order valence-corrected chi connectivity index (χ0v) is 15.1. The molecule has 3 heterocycles. The Hall–Kier alpha value is -2.57. The van der Waals surface area contributed by atoms with Crippen molar-refractivity contribution in [1.29, 1.82) is 0 Å². The molecule has 2 aromatic heterocycles. The number of nitrogens with zero attached hydrogens (tertiary/aromatic N) is 3. The van der Waals surface area contributed by atoms with Crippen LogP contribution in [0, 0.1) is 6.92 Å². The summed E-state index contributed by atoms with van der Waals surface area (Å²) in [5, 5.41) is 9.77. The van der Waals surface area contributed by atoms with E-state index in [-0.39, 0.29) is 6.61 Å². The van der Waals surface area contributed by atoms with E-state index in [4.69, 9.17) is 14.5 Å². The van der Waals surface area contributed by atoms with E-state index in [2.05, 4.69) is 17.0 Å². The Kier molecular flexibility index (Phi) is 4.53. The van der Waals surface area contributed by atoms with Gasteiger partial charge in [0.05, 0.1) is 32.6 Å². The van der Waals surface area contributed by atoms with E-state index in [9.17, 15) is 5.11 Å². The SMILES string of the molecule is COc1cc(CO)c(-c2cn3ccc(N4CCOCC4)cc3n2)cc1C. The van der Waals surface area contributed by atoms with Crippen molar-refractivity contribution in [2.24, 2.45) is 0 Å². The molecule has 0 aliphatic carbocycles. The summed E-state index contributed by atoms with van der Waals surface area (Å²) in [5.74, 6) is 0.774. The number of ether oxygens (including phenoxy) is 2. The Balaban J connectivity index is 1.74. The summed E-state index contributed by atoms with van der Waals surface area (Å²) in [6.45, 7) is 5.26. The topological polar surface area (TPSA) is 59.2 Å². The highest BCUT2D eigenvalue weighted by atomic mass is 16.5. The molecule has 0 amide bonds. The van der Waals surface area contributed by atoms with Crippen LogP contribution < -0.4 is 9.64 Å². The molecule has 1 aromatic carbocycles. The number of methoxy groups -OCH3 is 1. The molecule has 6 nitrogen and oxygen atoms in total. The van der Waals surface area contributed by atoms with Gasteiger partial charge in [-0.1, -0.05) is 0 Å². The van der Waals surface area contributed by atoms with Crippen molar-refractivity contribution in [1.82, 2.24) is 9.38 Å². The van der Waals surface area contributed by atoms with Crippen LogP contribution in [0.3, 0.4) is 0 Å². The summed E-state index contributed by atoms with van der Waals surface area (Å²) in [6, 6.07) is 8.11. The van der Waals surface area contributed by atoms with Crippen LogP contribution >= 0.6 is 0 Å². The second-order valence-corrected chi connectivity index (χ2v) is 6.51. The van der Waals surface area contributed by atoms with E-state index in [0.717, 1.165) is 65.8 Å². The summed E-state index contributed by atoms with van der Waals surface area (Å²) in [7, 11) is 1.64. The first-order valence-electron chi connectivity index (χ1n) is 8.80. The summed E-state index contributed by atoms with van der Waals surface area (Å²) in [5.41, 5.74) is 5.66. The average Bonchev–Trinajstić information content (AvgIpc) is 3.11. The Morgan fingerprint density at radius 1 is 1.23 bits per heavy atom. The monoisotopic (exact) mass is 353 g/mol. The first-order chi connectivity index (χ1) is 12.7. The predicted molar refractivity (Wildman–Crippen MR) is 101 cm³/mol. The van der Waals surface area contributed by atoms with Crippen LogP contribution in [0.2, 0.25) is 0 Å². The average molecular weight is 353 g/mol. The summed E-state index contributed by atoms with van der Waals surface area (Å²) >= 11 is 0. The lowest BCUT2D eigenvalue weighted by molar-refractivity contribution is 0.122. The number of imidazole rings is 1. The van der Waals surface area contributed by atoms with Crippen molar-refractivity contribution in [3.05, 3.63) is 47.8 Å². The first-order valence-corrected chi connectivity index (χ1v) is 8.80. The molecular weight excluding hydrogens is 330 g/mol. The number of aromatic nitrogens is 2. The number of rotatable bonds is 4. The van der Waals surface area contributed by atoms with E-state index in [1.165, 1.54) is 0 Å². The van der Waals surface area contributed by atoms with Gasteiger partial charge in [-0.2, -0.15) is 0 Å². The second-order valence-electron chi connectivity index (χ2n) is 6.51. The molecule has 1 fully saturated rings. The lowest BCUT2D eigenvalue weighted by Crippen LogP contribution is -2.36. The van der Waals surface area contributed by atoms with Gasteiger partial charge in [0.2, 0.25) is 0 Å². The highest BCUT2D eigenvalue weighted by Gasteiger charge is 2.15. The molecule has 3 aromatic rings. The van der Waals surface area contributed by atoms with E-state index in [1.54, 1.807) is 7.11 Å². The fraction of sp³-hybridized carbons (Fsp3) is 0.350. The van der Waals surface area contributed by atoms with E-state index >= 15 is 0 Å². The Labute approximate surface area is 152 Å². The summed E-state index contributed by atoms with van der Waals surface area (Å²) in [6.07, 6.45) is 4.03. The second kappa shape index (κ2) is 6.97. The third-order valence-corrected chi connectivity index (χ3v) is 4.89. The number of anilines is 1. The molecule has 0 atom stereocenters. The van der Waals surface area contributed by atoms with Crippen LogP contribution in [-0.4, -0.2) is 47.9 Å². The van der Waals surface area contributed by atoms with Crippen molar-refractivity contribution in [2.45, 2.75) is 13.5 Å². The smallest absolute Gasteiger partial charge is 0.139 e. The molecule has 1 aliphatic rings. The van der Waals surface area contributed by atoms with Crippen molar-refractivity contribution in [2.75, 3.05) is 38.3 Å². The normalized spacial score (nSPS) is 14.8. The molecule has 6 heteroatoms. The molecule has 136 valence electrons. The number of aliphatic hydroxyl groups is 1. The Morgan fingerprint density at radius 3 is 2.77 bits per heavy atom. The van der Waals surface area contributed by atoms with Gasteiger partial charge in [0.1, 0.15) is 11.4 Å². The number of hydrogen-bond donors (Lipinski definition) is 1. The number of aryl methyl sites for hydroxylation is 1. The van der Waals surface area contributed by atoms with Gasteiger partial charge in [-0.05, 0) is 36.2 Å². The molecule has 0 radical (unpaired) electrons. The largest absolute Gasteiger partial charge is 0.496 e.